The van der Waals surface area contributed by atoms with E-state index in [4.69, 9.17) is 5.73 Å². The predicted molar refractivity (Wildman–Crippen MR) is 81.3 cm³/mol. The Balaban J connectivity index is 4.11. The van der Waals surface area contributed by atoms with Crippen molar-refractivity contribution in [2.45, 2.75) is 45.6 Å². The Hall–Kier alpha value is -1.08. The minimum atomic E-state index is -0.548. The lowest BCUT2D eigenvalue weighted by atomic mass is 10.1. The Morgan fingerprint density at radius 1 is 1.25 bits per heavy atom. The van der Waals surface area contributed by atoms with Crippen molar-refractivity contribution in [1.29, 1.82) is 0 Å². The largest absolute Gasteiger partial charge is 0.354 e. The molecular formula is C13H25N3O3S. The lowest BCUT2D eigenvalue weighted by Gasteiger charge is -2.17. The SMILES string of the molecule is CCSC(=O)CCNC(=O)C(CCCCN)NC(C)=O. The number of nitrogens with one attached hydrogen (secondary N) is 2. The third-order valence-electron chi connectivity index (χ3n) is 2.57. The quantitative estimate of drug-likeness (QED) is 0.507. The Labute approximate surface area is 124 Å². The van der Waals surface area contributed by atoms with Crippen LogP contribution in [0.2, 0.25) is 0 Å². The maximum absolute atomic E-state index is 11.9. The minimum absolute atomic E-state index is 0.0620. The van der Waals surface area contributed by atoms with E-state index in [9.17, 15) is 14.4 Å². The topological polar surface area (TPSA) is 101 Å². The maximum Gasteiger partial charge on any atom is 0.242 e. The molecule has 7 heteroatoms. The van der Waals surface area contributed by atoms with Crippen LogP contribution < -0.4 is 16.4 Å². The third-order valence-corrected chi connectivity index (χ3v) is 3.39. The molecule has 1 unspecified atom stereocenters. The lowest BCUT2D eigenvalue weighted by molar-refractivity contribution is -0.128. The van der Waals surface area contributed by atoms with Crippen molar-refractivity contribution in [2.24, 2.45) is 5.73 Å². The molecule has 116 valence electrons. The summed E-state index contributed by atoms with van der Waals surface area (Å²) in [7, 11) is 0. The second kappa shape index (κ2) is 11.7. The summed E-state index contributed by atoms with van der Waals surface area (Å²) >= 11 is 1.25. The molecule has 0 rings (SSSR count). The highest BCUT2D eigenvalue weighted by Crippen LogP contribution is 2.04. The summed E-state index contributed by atoms with van der Waals surface area (Å²) in [5, 5.41) is 5.37. The van der Waals surface area contributed by atoms with E-state index in [2.05, 4.69) is 10.6 Å². The van der Waals surface area contributed by atoms with E-state index >= 15 is 0 Å². The zero-order valence-corrected chi connectivity index (χ0v) is 13.1. The molecule has 1 atom stereocenters. The fourth-order valence-electron chi connectivity index (χ4n) is 1.65. The van der Waals surface area contributed by atoms with Gasteiger partial charge in [0.2, 0.25) is 11.8 Å². The molecule has 0 fully saturated rings. The summed E-state index contributed by atoms with van der Waals surface area (Å²) < 4.78 is 0. The number of carbonyl (C=O) groups is 3. The highest BCUT2D eigenvalue weighted by Gasteiger charge is 2.18. The smallest absolute Gasteiger partial charge is 0.242 e. The molecule has 0 aliphatic rings. The number of nitrogens with two attached hydrogens (primary N) is 1. The van der Waals surface area contributed by atoms with E-state index in [0.29, 0.717) is 25.9 Å². The molecule has 2 amide bonds. The van der Waals surface area contributed by atoms with Crippen LogP contribution in [0.4, 0.5) is 0 Å². The van der Waals surface area contributed by atoms with Gasteiger partial charge in [0.1, 0.15) is 6.04 Å². The fraction of sp³-hybridized carbons (Fsp3) is 0.769. The van der Waals surface area contributed by atoms with Gasteiger partial charge in [-0.15, -0.1) is 0 Å². The Kier molecular flexibility index (Phi) is 11.1. The highest BCUT2D eigenvalue weighted by atomic mass is 32.2. The molecule has 0 aromatic rings. The number of carbonyl (C=O) groups excluding carboxylic acids is 3. The fourth-order valence-corrected chi connectivity index (χ4v) is 2.22. The van der Waals surface area contributed by atoms with E-state index in [0.717, 1.165) is 18.6 Å². The van der Waals surface area contributed by atoms with Gasteiger partial charge in [0.05, 0.1) is 0 Å². The first kappa shape index (κ1) is 18.9. The normalized spacial score (nSPS) is 11.8. The van der Waals surface area contributed by atoms with Gasteiger partial charge < -0.3 is 16.4 Å². The molecule has 0 aliphatic heterocycles. The average Bonchev–Trinajstić information content (AvgIpc) is 2.37. The van der Waals surface area contributed by atoms with Gasteiger partial charge in [-0.1, -0.05) is 18.7 Å². The van der Waals surface area contributed by atoms with Crippen LogP contribution in [0.15, 0.2) is 0 Å². The summed E-state index contributed by atoms with van der Waals surface area (Å²) in [6, 6.07) is -0.548. The molecule has 6 nitrogen and oxygen atoms in total. The molecule has 0 aromatic heterocycles. The van der Waals surface area contributed by atoms with E-state index in [1.165, 1.54) is 18.7 Å². The van der Waals surface area contributed by atoms with Gasteiger partial charge >= 0.3 is 0 Å². The average molecular weight is 303 g/mol. The molecule has 0 aliphatic carbocycles. The van der Waals surface area contributed by atoms with E-state index in [1.807, 2.05) is 6.92 Å². The molecule has 0 aromatic carbocycles. The van der Waals surface area contributed by atoms with Crippen LogP contribution >= 0.6 is 11.8 Å². The van der Waals surface area contributed by atoms with Crippen LogP contribution in [-0.2, 0) is 14.4 Å². The van der Waals surface area contributed by atoms with E-state index in [-0.39, 0.29) is 16.9 Å². The van der Waals surface area contributed by atoms with Crippen LogP contribution in [0.3, 0.4) is 0 Å². The lowest BCUT2D eigenvalue weighted by Crippen LogP contribution is -2.46. The number of unbranched alkanes of at least 4 members (excludes halogenated alkanes) is 1. The summed E-state index contributed by atoms with van der Waals surface area (Å²) in [6.07, 6.45) is 2.45. The maximum atomic E-state index is 11.9. The van der Waals surface area contributed by atoms with Gasteiger partial charge in [-0.05, 0) is 31.6 Å². The van der Waals surface area contributed by atoms with E-state index in [1.54, 1.807) is 0 Å². The summed E-state index contributed by atoms with van der Waals surface area (Å²) in [5.41, 5.74) is 5.41. The van der Waals surface area contributed by atoms with Gasteiger partial charge in [-0.25, -0.2) is 0 Å². The number of rotatable bonds is 10. The van der Waals surface area contributed by atoms with Crippen molar-refractivity contribution in [3.63, 3.8) is 0 Å². The van der Waals surface area contributed by atoms with Crippen molar-refractivity contribution in [1.82, 2.24) is 10.6 Å². The zero-order valence-electron chi connectivity index (χ0n) is 12.2. The number of thioether (sulfide) groups is 1. The van der Waals surface area contributed by atoms with Gasteiger partial charge in [-0.2, -0.15) is 0 Å². The molecule has 20 heavy (non-hydrogen) atoms. The Morgan fingerprint density at radius 2 is 1.95 bits per heavy atom. The molecule has 0 spiro atoms. The van der Waals surface area contributed by atoms with E-state index < -0.39 is 6.04 Å². The first-order valence-corrected chi connectivity index (χ1v) is 7.90. The third kappa shape index (κ3) is 9.80. The Morgan fingerprint density at radius 3 is 2.50 bits per heavy atom. The standard InChI is InChI=1S/C13H25N3O3S/c1-3-20-12(18)7-9-15-13(19)11(16-10(2)17)6-4-5-8-14/h11H,3-9,14H2,1-2H3,(H,15,19)(H,16,17). The van der Waals surface area contributed by atoms with Crippen LogP contribution in [0.5, 0.6) is 0 Å². The molecule has 0 saturated heterocycles. The molecule has 0 radical (unpaired) electrons. The monoisotopic (exact) mass is 303 g/mol. The first-order valence-electron chi connectivity index (χ1n) is 6.91. The van der Waals surface area contributed by atoms with Gasteiger partial charge in [-0.3, -0.25) is 14.4 Å². The molecule has 0 saturated carbocycles. The predicted octanol–water partition coefficient (Wildman–Crippen LogP) is 0.406. The number of hydrogen-bond donors (Lipinski definition) is 3. The second-order valence-electron chi connectivity index (χ2n) is 4.38. The summed E-state index contributed by atoms with van der Waals surface area (Å²) in [4.78, 5) is 34.3. The molecular weight excluding hydrogens is 278 g/mol. The van der Waals surface area contributed by atoms with Crippen molar-refractivity contribution in [3.05, 3.63) is 0 Å². The first-order chi connectivity index (χ1) is 9.51. The van der Waals surface area contributed by atoms with Gasteiger partial charge in [0, 0.05) is 19.9 Å². The van der Waals surface area contributed by atoms with Crippen molar-refractivity contribution >= 4 is 28.7 Å². The second-order valence-corrected chi connectivity index (χ2v) is 5.70. The van der Waals surface area contributed by atoms with Crippen LogP contribution in [0, 0.1) is 0 Å². The van der Waals surface area contributed by atoms with Crippen LogP contribution in [0.25, 0.3) is 0 Å². The van der Waals surface area contributed by atoms with Crippen molar-refractivity contribution in [3.8, 4) is 0 Å². The number of hydrogen-bond acceptors (Lipinski definition) is 5. The van der Waals surface area contributed by atoms with Gasteiger partial charge in [0.15, 0.2) is 5.12 Å². The van der Waals surface area contributed by atoms with Crippen LogP contribution in [0.1, 0.15) is 39.5 Å². The summed E-state index contributed by atoms with van der Waals surface area (Å²) in [5.74, 6) is 0.252. The van der Waals surface area contributed by atoms with Gasteiger partial charge in [0.25, 0.3) is 0 Å². The highest BCUT2D eigenvalue weighted by molar-refractivity contribution is 8.13. The van der Waals surface area contributed by atoms with Crippen LogP contribution in [-0.4, -0.2) is 41.8 Å². The van der Waals surface area contributed by atoms with Crippen molar-refractivity contribution < 1.29 is 14.4 Å². The number of amides is 2. The molecule has 0 heterocycles. The Bertz CT molecular complexity index is 324. The van der Waals surface area contributed by atoms with Crippen molar-refractivity contribution in [2.75, 3.05) is 18.8 Å². The zero-order chi connectivity index (χ0) is 15.4. The molecule has 0 bridgehead atoms. The summed E-state index contributed by atoms with van der Waals surface area (Å²) in [6.45, 7) is 4.16. The minimum Gasteiger partial charge on any atom is -0.354 e. The molecule has 4 N–H and O–H groups in total.